The Balaban J connectivity index is 1.63. The predicted molar refractivity (Wildman–Crippen MR) is 130 cm³/mol. The lowest BCUT2D eigenvalue weighted by molar-refractivity contribution is -0.228. The number of ether oxygens (including phenoxy) is 2. The number of rotatable bonds is 7. The standard InChI is InChI=1S/C29H44O4/c1-6-22-13-15-29-16-14-23(30)25(29)28(22,5)24(31)17-27(4,7-2)26(20(29)3)33-19-32-18-21-11-9-8-10-12-21/h8-12,20,22,24-26,31H,6-7,13-19H2,1-5H3/t20-,22+,24+,25?,26-,27-,28-,29-/m0/s1. The summed E-state index contributed by atoms with van der Waals surface area (Å²) in [4.78, 5) is 13.4. The number of aliphatic hydroxyl groups excluding tert-OH is 1. The van der Waals surface area contributed by atoms with E-state index in [0.29, 0.717) is 31.1 Å². The van der Waals surface area contributed by atoms with E-state index in [9.17, 15) is 9.90 Å². The van der Waals surface area contributed by atoms with Crippen molar-refractivity contribution < 1.29 is 19.4 Å². The van der Waals surface area contributed by atoms with E-state index in [2.05, 4.69) is 46.8 Å². The Hall–Kier alpha value is -1.23. The van der Waals surface area contributed by atoms with Gasteiger partial charge in [-0.1, -0.05) is 71.4 Å². The molecule has 4 rings (SSSR count). The van der Waals surface area contributed by atoms with E-state index >= 15 is 0 Å². The molecule has 0 amide bonds. The van der Waals surface area contributed by atoms with Crippen molar-refractivity contribution in [3.8, 4) is 0 Å². The molecule has 3 aliphatic carbocycles. The zero-order valence-electron chi connectivity index (χ0n) is 21.3. The summed E-state index contributed by atoms with van der Waals surface area (Å²) in [6.07, 6.45) is 5.82. The summed E-state index contributed by atoms with van der Waals surface area (Å²) in [5, 5.41) is 11.8. The van der Waals surface area contributed by atoms with Crippen molar-refractivity contribution >= 4 is 5.78 Å². The fourth-order valence-electron chi connectivity index (χ4n) is 8.25. The number of hydrogen-bond donors (Lipinski definition) is 1. The molecule has 0 saturated heterocycles. The molecular formula is C29H44O4. The second-order valence-electron chi connectivity index (χ2n) is 11.7. The van der Waals surface area contributed by atoms with E-state index in [1.54, 1.807) is 0 Å². The van der Waals surface area contributed by atoms with Crippen LogP contribution >= 0.6 is 0 Å². The molecule has 0 radical (unpaired) electrons. The fraction of sp³-hybridized carbons (Fsp3) is 0.759. The number of Topliss-reactive ketones (excluding diaryl/α,β-unsaturated/α-hetero) is 1. The highest BCUT2D eigenvalue weighted by atomic mass is 16.7. The van der Waals surface area contributed by atoms with Crippen LogP contribution in [-0.4, -0.2) is 29.9 Å². The van der Waals surface area contributed by atoms with Crippen molar-refractivity contribution in [1.29, 1.82) is 0 Å². The molecule has 3 aliphatic rings. The highest BCUT2D eigenvalue weighted by Crippen LogP contribution is 2.68. The van der Waals surface area contributed by atoms with Crippen LogP contribution < -0.4 is 0 Å². The summed E-state index contributed by atoms with van der Waals surface area (Å²) in [6.45, 7) is 12.0. The van der Waals surface area contributed by atoms with Crippen LogP contribution in [-0.2, 0) is 20.9 Å². The van der Waals surface area contributed by atoms with Gasteiger partial charge < -0.3 is 14.6 Å². The van der Waals surface area contributed by atoms with Crippen molar-refractivity contribution in [2.45, 2.75) is 98.4 Å². The molecule has 1 unspecified atom stereocenters. The molecule has 4 heteroatoms. The van der Waals surface area contributed by atoms with Gasteiger partial charge in [-0.25, -0.2) is 0 Å². The van der Waals surface area contributed by atoms with Crippen LogP contribution in [0.3, 0.4) is 0 Å². The highest BCUT2D eigenvalue weighted by molar-refractivity contribution is 5.85. The van der Waals surface area contributed by atoms with Gasteiger partial charge >= 0.3 is 0 Å². The first kappa shape index (κ1) is 24.9. The third kappa shape index (κ3) is 4.00. The maximum Gasteiger partial charge on any atom is 0.147 e. The van der Waals surface area contributed by atoms with Crippen LogP contribution in [0.4, 0.5) is 0 Å². The molecule has 184 valence electrons. The quantitative estimate of drug-likeness (QED) is 0.395. The van der Waals surface area contributed by atoms with Crippen LogP contribution in [0.15, 0.2) is 30.3 Å². The van der Waals surface area contributed by atoms with Crippen LogP contribution in [0, 0.1) is 34.0 Å². The summed E-state index contributed by atoms with van der Waals surface area (Å²) < 4.78 is 12.5. The summed E-state index contributed by atoms with van der Waals surface area (Å²) in [5.41, 5.74) is 0.531. The third-order valence-corrected chi connectivity index (χ3v) is 10.4. The number of benzene rings is 1. The number of aliphatic hydroxyl groups is 1. The van der Waals surface area contributed by atoms with Crippen LogP contribution in [0.1, 0.15) is 85.1 Å². The van der Waals surface area contributed by atoms with Gasteiger partial charge in [0.15, 0.2) is 0 Å². The smallest absolute Gasteiger partial charge is 0.147 e. The van der Waals surface area contributed by atoms with E-state index in [1.165, 1.54) is 0 Å². The Bertz CT molecular complexity index is 824. The third-order valence-electron chi connectivity index (χ3n) is 10.4. The van der Waals surface area contributed by atoms with Gasteiger partial charge in [0.2, 0.25) is 0 Å². The first-order chi connectivity index (χ1) is 15.7. The lowest BCUT2D eigenvalue weighted by Gasteiger charge is -2.62. The minimum atomic E-state index is -0.497. The molecule has 8 atom stereocenters. The Morgan fingerprint density at radius 3 is 2.52 bits per heavy atom. The van der Waals surface area contributed by atoms with E-state index in [1.807, 2.05) is 18.2 Å². The average molecular weight is 457 g/mol. The van der Waals surface area contributed by atoms with E-state index in [-0.39, 0.29) is 41.0 Å². The normalized spacial score (nSPS) is 43.1. The lowest BCUT2D eigenvalue weighted by atomic mass is 9.43. The molecule has 33 heavy (non-hydrogen) atoms. The molecule has 1 aromatic carbocycles. The van der Waals surface area contributed by atoms with Crippen molar-refractivity contribution in [2.24, 2.45) is 34.0 Å². The van der Waals surface area contributed by atoms with Crippen molar-refractivity contribution in [3.63, 3.8) is 0 Å². The summed E-state index contributed by atoms with van der Waals surface area (Å²) >= 11 is 0. The Kier molecular flexibility index (Phi) is 7.11. The highest BCUT2D eigenvalue weighted by Gasteiger charge is 2.68. The Morgan fingerprint density at radius 2 is 1.85 bits per heavy atom. The molecule has 3 saturated carbocycles. The van der Waals surface area contributed by atoms with Gasteiger partial charge in [0.1, 0.15) is 12.6 Å². The van der Waals surface area contributed by atoms with Gasteiger partial charge in [-0.05, 0) is 60.3 Å². The molecule has 0 aliphatic heterocycles. The second kappa shape index (κ2) is 9.43. The van der Waals surface area contributed by atoms with Gasteiger partial charge in [0.05, 0.1) is 18.8 Å². The molecular weight excluding hydrogens is 412 g/mol. The van der Waals surface area contributed by atoms with E-state index in [4.69, 9.17) is 9.47 Å². The van der Waals surface area contributed by atoms with Gasteiger partial charge in [0.25, 0.3) is 0 Å². The molecule has 4 nitrogen and oxygen atoms in total. The zero-order chi connectivity index (χ0) is 23.9. The summed E-state index contributed by atoms with van der Waals surface area (Å²) in [5.74, 6) is 0.948. The minimum Gasteiger partial charge on any atom is -0.393 e. The minimum absolute atomic E-state index is 0.0518. The Morgan fingerprint density at radius 1 is 1.12 bits per heavy atom. The number of ketones is 1. The summed E-state index contributed by atoms with van der Waals surface area (Å²) in [6, 6.07) is 10.2. The van der Waals surface area contributed by atoms with Crippen molar-refractivity contribution in [3.05, 3.63) is 35.9 Å². The molecule has 0 spiro atoms. The van der Waals surface area contributed by atoms with Gasteiger partial charge in [-0.3, -0.25) is 4.79 Å². The van der Waals surface area contributed by atoms with Gasteiger partial charge in [0, 0.05) is 17.8 Å². The maximum atomic E-state index is 13.4. The Labute approximate surface area is 200 Å². The zero-order valence-corrected chi connectivity index (χ0v) is 21.3. The van der Waals surface area contributed by atoms with Gasteiger partial charge in [-0.2, -0.15) is 0 Å². The van der Waals surface area contributed by atoms with Crippen LogP contribution in [0.5, 0.6) is 0 Å². The molecule has 2 bridgehead atoms. The van der Waals surface area contributed by atoms with Crippen LogP contribution in [0.2, 0.25) is 0 Å². The molecule has 0 heterocycles. The monoisotopic (exact) mass is 456 g/mol. The molecule has 3 fully saturated rings. The topological polar surface area (TPSA) is 55.8 Å². The summed E-state index contributed by atoms with van der Waals surface area (Å²) in [7, 11) is 0. The van der Waals surface area contributed by atoms with Crippen LogP contribution in [0.25, 0.3) is 0 Å². The lowest BCUT2D eigenvalue weighted by Crippen LogP contribution is -2.63. The maximum absolute atomic E-state index is 13.4. The first-order valence-electron chi connectivity index (χ1n) is 13.2. The number of carbonyl (C=O) groups is 1. The van der Waals surface area contributed by atoms with Gasteiger partial charge in [-0.15, -0.1) is 0 Å². The number of hydrogen-bond acceptors (Lipinski definition) is 4. The van der Waals surface area contributed by atoms with E-state index in [0.717, 1.165) is 37.7 Å². The number of carbonyl (C=O) groups excluding carboxylic acids is 1. The molecule has 1 aromatic rings. The SMILES string of the molecule is CC[C@@H]1CC[C@@]23CCC(=O)C2[C@]1(C)[C@H](O)C[C@](C)(CC)[C@@H](OCOCc1ccccc1)[C@@H]3C. The first-order valence-corrected chi connectivity index (χ1v) is 13.2. The van der Waals surface area contributed by atoms with E-state index < -0.39 is 6.10 Å². The van der Waals surface area contributed by atoms with Crippen molar-refractivity contribution in [1.82, 2.24) is 0 Å². The molecule has 1 N–H and O–H groups in total. The molecule has 0 aromatic heterocycles. The predicted octanol–water partition coefficient (Wildman–Crippen LogP) is 6.15. The second-order valence-corrected chi connectivity index (χ2v) is 11.7. The van der Waals surface area contributed by atoms with Crippen molar-refractivity contribution in [2.75, 3.05) is 6.79 Å². The average Bonchev–Trinajstić information content (AvgIpc) is 3.17. The fourth-order valence-corrected chi connectivity index (χ4v) is 8.25. The largest absolute Gasteiger partial charge is 0.393 e.